The van der Waals surface area contributed by atoms with Gasteiger partial charge < -0.3 is 9.84 Å². The van der Waals surface area contributed by atoms with Crippen LogP contribution in [-0.4, -0.2) is 28.4 Å². The number of aliphatic carboxylic acids is 1. The highest BCUT2D eigenvalue weighted by Crippen LogP contribution is 2.51. The van der Waals surface area contributed by atoms with Gasteiger partial charge in [0, 0.05) is 11.7 Å². The van der Waals surface area contributed by atoms with Crippen LogP contribution >= 0.6 is 11.8 Å². The van der Waals surface area contributed by atoms with E-state index in [1.165, 1.54) is 18.2 Å². The van der Waals surface area contributed by atoms with Crippen molar-refractivity contribution in [3.8, 4) is 0 Å². The number of carboxylic acids is 1. The third-order valence-electron chi connectivity index (χ3n) is 4.52. The minimum Gasteiger partial charge on any atom is -0.478 e. The van der Waals surface area contributed by atoms with Crippen molar-refractivity contribution >= 4 is 17.7 Å². The van der Waals surface area contributed by atoms with Gasteiger partial charge in [-0.25, -0.2) is 4.79 Å². The van der Waals surface area contributed by atoms with Gasteiger partial charge in [0.2, 0.25) is 4.93 Å². The summed E-state index contributed by atoms with van der Waals surface area (Å²) in [6.07, 6.45) is 3.35. The Labute approximate surface area is 114 Å². The first-order valence-electron chi connectivity index (χ1n) is 6.98. The van der Waals surface area contributed by atoms with E-state index in [9.17, 15) is 9.90 Å². The zero-order valence-corrected chi connectivity index (χ0v) is 12.3. The quantitative estimate of drug-likeness (QED) is 0.856. The van der Waals surface area contributed by atoms with Gasteiger partial charge in [-0.15, -0.1) is 11.8 Å². The van der Waals surface area contributed by atoms with E-state index in [4.69, 9.17) is 4.74 Å². The Morgan fingerprint density at radius 2 is 2.17 bits per heavy atom. The van der Waals surface area contributed by atoms with Crippen LogP contribution in [0, 0.1) is 23.7 Å². The van der Waals surface area contributed by atoms with Crippen LogP contribution in [0.25, 0.3) is 0 Å². The molecule has 1 saturated carbocycles. The van der Waals surface area contributed by atoms with Crippen LogP contribution in [0.2, 0.25) is 0 Å². The van der Waals surface area contributed by atoms with E-state index in [1.807, 2.05) is 0 Å². The van der Waals surface area contributed by atoms with E-state index >= 15 is 0 Å². The van der Waals surface area contributed by atoms with Gasteiger partial charge in [-0.1, -0.05) is 27.2 Å². The highest BCUT2D eigenvalue weighted by atomic mass is 32.2. The topological polar surface area (TPSA) is 46.5 Å². The highest BCUT2D eigenvalue weighted by molar-refractivity contribution is 8.01. The Bertz CT molecular complexity index is 310. The summed E-state index contributed by atoms with van der Waals surface area (Å²) < 4.78 is 5.73. The van der Waals surface area contributed by atoms with Crippen LogP contribution in [0.3, 0.4) is 0 Å². The molecule has 1 saturated heterocycles. The zero-order valence-electron chi connectivity index (χ0n) is 11.5. The number of hydrogen-bond donors (Lipinski definition) is 1. The van der Waals surface area contributed by atoms with Crippen molar-refractivity contribution < 1.29 is 14.6 Å². The molecule has 0 aromatic rings. The zero-order chi connectivity index (χ0) is 13.3. The summed E-state index contributed by atoms with van der Waals surface area (Å²) in [5.74, 6) is 1.82. The number of thioether (sulfide) groups is 1. The molecule has 0 amide bonds. The fraction of sp³-hybridized carbons (Fsp3) is 0.929. The highest BCUT2D eigenvalue weighted by Gasteiger charge is 2.54. The molecule has 0 bridgehead atoms. The maximum Gasteiger partial charge on any atom is 0.346 e. The summed E-state index contributed by atoms with van der Waals surface area (Å²) in [5.41, 5.74) is 0. The van der Waals surface area contributed by atoms with E-state index < -0.39 is 10.9 Å². The summed E-state index contributed by atoms with van der Waals surface area (Å²) in [5, 5.41) is 9.66. The van der Waals surface area contributed by atoms with Crippen molar-refractivity contribution in [2.45, 2.75) is 45.0 Å². The smallest absolute Gasteiger partial charge is 0.346 e. The largest absolute Gasteiger partial charge is 0.478 e. The molecule has 4 heteroatoms. The Hall–Kier alpha value is -0.220. The van der Waals surface area contributed by atoms with Crippen molar-refractivity contribution in [1.82, 2.24) is 0 Å². The Morgan fingerprint density at radius 1 is 1.44 bits per heavy atom. The van der Waals surface area contributed by atoms with E-state index in [0.29, 0.717) is 24.4 Å². The Balaban J connectivity index is 2.27. The molecular formula is C14H24O3S. The molecule has 4 atom stereocenters. The molecule has 104 valence electrons. The lowest BCUT2D eigenvalue weighted by molar-refractivity contribution is -0.161. The normalized spacial score (nSPS) is 41.2. The predicted molar refractivity (Wildman–Crippen MR) is 73.6 cm³/mol. The molecule has 2 fully saturated rings. The van der Waals surface area contributed by atoms with Crippen LogP contribution in [0.5, 0.6) is 0 Å². The van der Waals surface area contributed by atoms with Crippen molar-refractivity contribution in [3.05, 3.63) is 0 Å². The second-order valence-corrected chi connectivity index (χ2v) is 7.41. The lowest BCUT2D eigenvalue weighted by atomic mass is 9.67. The number of hydrogen-bond acceptors (Lipinski definition) is 3. The van der Waals surface area contributed by atoms with Gasteiger partial charge in [-0.05, 0) is 30.6 Å². The molecule has 0 spiro atoms. The molecule has 0 radical (unpaired) electrons. The molecular weight excluding hydrogens is 248 g/mol. The summed E-state index contributed by atoms with van der Waals surface area (Å²) >= 11 is 1.51. The summed E-state index contributed by atoms with van der Waals surface area (Å²) in [6.45, 7) is 7.23. The van der Waals surface area contributed by atoms with Gasteiger partial charge in [-0.2, -0.15) is 0 Å². The first-order valence-corrected chi connectivity index (χ1v) is 7.97. The lowest BCUT2D eigenvalue weighted by Gasteiger charge is -2.44. The molecule has 0 aromatic heterocycles. The fourth-order valence-corrected chi connectivity index (χ4v) is 4.81. The molecule has 2 aliphatic rings. The van der Waals surface area contributed by atoms with Crippen LogP contribution in [0.4, 0.5) is 0 Å². The van der Waals surface area contributed by atoms with Crippen LogP contribution in [-0.2, 0) is 9.53 Å². The molecule has 1 unspecified atom stereocenters. The third kappa shape index (κ3) is 2.42. The molecule has 0 aromatic carbocycles. The second-order valence-electron chi connectivity index (χ2n) is 6.10. The minimum atomic E-state index is -0.969. The van der Waals surface area contributed by atoms with E-state index in [1.54, 1.807) is 0 Å². The number of rotatable bonds is 3. The minimum absolute atomic E-state index is 0.159. The SMILES string of the molecule is CC(C)[C@H]1CC[C@H](C)C[C@@H]1C1(C(=O)O)OCCS1. The molecule has 1 aliphatic heterocycles. The van der Waals surface area contributed by atoms with Crippen molar-refractivity contribution in [2.24, 2.45) is 23.7 Å². The number of carboxylic acid groups (broad SMARTS) is 1. The average Bonchev–Trinajstić information content (AvgIpc) is 2.78. The molecule has 3 nitrogen and oxygen atoms in total. The average molecular weight is 272 g/mol. The van der Waals surface area contributed by atoms with E-state index in [0.717, 1.165) is 18.6 Å². The lowest BCUT2D eigenvalue weighted by Crippen LogP contribution is -2.49. The Kier molecular flexibility index (Phi) is 4.27. The third-order valence-corrected chi connectivity index (χ3v) is 5.92. The van der Waals surface area contributed by atoms with Crippen molar-refractivity contribution in [3.63, 3.8) is 0 Å². The van der Waals surface area contributed by atoms with Gasteiger partial charge >= 0.3 is 5.97 Å². The Morgan fingerprint density at radius 3 is 2.67 bits per heavy atom. The standard InChI is InChI=1S/C14H24O3S/c1-9(2)11-5-4-10(3)8-12(11)14(13(15)16)17-6-7-18-14/h9-12H,4-8H2,1-3H3,(H,15,16)/t10-,11+,12-,14?/m0/s1. The molecule has 2 rings (SSSR count). The first-order chi connectivity index (χ1) is 8.47. The van der Waals surface area contributed by atoms with E-state index in [2.05, 4.69) is 20.8 Å². The number of carbonyl (C=O) groups is 1. The van der Waals surface area contributed by atoms with Crippen molar-refractivity contribution in [2.75, 3.05) is 12.4 Å². The van der Waals surface area contributed by atoms with Gasteiger partial charge in [0.05, 0.1) is 6.61 Å². The molecule has 1 N–H and O–H groups in total. The van der Waals surface area contributed by atoms with Crippen LogP contribution in [0.1, 0.15) is 40.0 Å². The van der Waals surface area contributed by atoms with E-state index in [-0.39, 0.29) is 5.92 Å². The van der Waals surface area contributed by atoms with Crippen molar-refractivity contribution in [1.29, 1.82) is 0 Å². The summed E-state index contributed by atoms with van der Waals surface area (Å²) in [6, 6.07) is 0. The van der Waals surface area contributed by atoms with Gasteiger partial charge in [0.25, 0.3) is 0 Å². The maximum atomic E-state index is 11.8. The van der Waals surface area contributed by atoms with Crippen LogP contribution < -0.4 is 0 Å². The van der Waals surface area contributed by atoms with Crippen LogP contribution in [0.15, 0.2) is 0 Å². The second kappa shape index (κ2) is 5.41. The van der Waals surface area contributed by atoms with Gasteiger partial charge in [-0.3, -0.25) is 0 Å². The summed E-state index contributed by atoms with van der Waals surface area (Å²) in [7, 11) is 0. The van der Waals surface area contributed by atoms with Gasteiger partial charge in [0.15, 0.2) is 0 Å². The molecule has 18 heavy (non-hydrogen) atoms. The molecule has 1 aliphatic carbocycles. The molecule has 1 heterocycles. The fourth-order valence-electron chi connectivity index (χ4n) is 3.56. The first kappa shape index (κ1) is 14.2. The predicted octanol–water partition coefficient (Wildman–Crippen LogP) is 3.24. The maximum absolute atomic E-state index is 11.8. The number of ether oxygens (including phenoxy) is 1. The monoisotopic (exact) mass is 272 g/mol. The summed E-state index contributed by atoms with van der Waals surface area (Å²) in [4.78, 5) is 10.8. The van der Waals surface area contributed by atoms with Gasteiger partial charge in [0.1, 0.15) is 0 Å².